The van der Waals surface area contributed by atoms with E-state index in [1.807, 2.05) is 41.0 Å². The van der Waals surface area contributed by atoms with Crippen molar-refractivity contribution in [3.05, 3.63) is 59.4 Å². The molecule has 4 rings (SSSR count). The number of fused-ring (bicyclic) bond motifs is 1. The van der Waals surface area contributed by atoms with Crippen molar-refractivity contribution in [2.45, 2.75) is 32.0 Å². The van der Waals surface area contributed by atoms with E-state index in [2.05, 4.69) is 15.6 Å². The summed E-state index contributed by atoms with van der Waals surface area (Å²) in [6, 6.07) is 15.4. The fourth-order valence-electron chi connectivity index (χ4n) is 3.46. The van der Waals surface area contributed by atoms with Crippen molar-refractivity contribution >= 4 is 40.9 Å². The van der Waals surface area contributed by atoms with Crippen LogP contribution in [-0.4, -0.2) is 34.6 Å². The molecule has 1 atom stereocenters. The minimum atomic E-state index is -0.0235. The first-order valence-corrected chi connectivity index (χ1v) is 9.89. The van der Waals surface area contributed by atoms with Crippen LogP contribution in [0.4, 0.5) is 0 Å². The summed E-state index contributed by atoms with van der Waals surface area (Å²) in [7, 11) is 0. The summed E-state index contributed by atoms with van der Waals surface area (Å²) in [6.07, 6.45) is 2.27. The molecule has 2 N–H and O–H groups in total. The molecule has 0 spiro atoms. The van der Waals surface area contributed by atoms with Crippen molar-refractivity contribution in [2.24, 2.45) is 0 Å². The number of halogens is 2. The first-order chi connectivity index (χ1) is 13.7. The van der Waals surface area contributed by atoms with E-state index in [4.69, 9.17) is 16.3 Å². The summed E-state index contributed by atoms with van der Waals surface area (Å²) in [5.41, 5.74) is 1.77. The van der Waals surface area contributed by atoms with Crippen LogP contribution in [0.1, 0.15) is 18.7 Å². The highest BCUT2D eigenvalue weighted by Gasteiger charge is 2.17. The molecule has 154 valence electrons. The molecule has 0 bridgehead atoms. The number of amides is 1. The molecule has 1 aromatic heterocycles. The molecule has 0 radical (unpaired) electrons. The molecule has 1 saturated heterocycles. The van der Waals surface area contributed by atoms with E-state index in [-0.39, 0.29) is 31.5 Å². The number of hydrogen-bond donors (Lipinski definition) is 2. The molecule has 1 aliphatic rings. The highest BCUT2D eigenvalue weighted by atomic mass is 35.5. The van der Waals surface area contributed by atoms with Crippen molar-refractivity contribution in [2.75, 3.05) is 13.1 Å². The fraction of sp³-hybridized carbons (Fsp3) is 0.333. The molecule has 6 nitrogen and oxygen atoms in total. The Morgan fingerprint density at radius 2 is 2.03 bits per heavy atom. The molecule has 1 aliphatic heterocycles. The van der Waals surface area contributed by atoms with Crippen LogP contribution in [0.15, 0.2) is 48.5 Å². The number of hydrogen-bond acceptors (Lipinski definition) is 4. The lowest BCUT2D eigenvalue weighted by molar-refractivity contribution is -0.121. The van der Waals surface area contributed by atoms with Gasteiger partial charge in [-0.05, 0) is 55.8 Å². The zero-order valence-corrected chi connectivity index (χ0v) is 17.5. The van der Waals surface area contributed by atoms with Crippen LogP contribution in [0, 0.1) is 0 Å². The van der Waals surface area contributed by atoms with Gasteiger partial charge in [-0.2, -0.15) is 0 Å². The minimum Gasteiger partial charge on any atom is -0.486 e. The van der Waals surface area contributed by atoms with Gasteiger partial charge < -0.3 is 19.9 Å². The molecule has 1 unspecified atom stereocenters. The zero-order valence-electron chi connectivity index (χ0n) is 15.9. The maximum Gasteiger partial charge on any atom is 0.240 e. The number of nitrogens with zero attached hydrogens (tertiary/aromatic N) is 2. The third kappa shape index (κ3) is 5.41. The predicted octanol–water partition coefficient (Wildman–Crippen LogP) is 3.56. The minimum absolute atomic E-state index is 0. The van der Waals surface area contributed by atoms with E-state index in [1.165, 1.54) is 6.42 Å². The van der Waals surface area contributed by atoms with Crippen LogP contribution < -0.4 is 15.4 Å². The van der Waals surface area contributed by atoms with Gasteiger partial charge in [-0.25, -0.2) is 4.98 Å². The SMILES string of the molecule is Cl.O=C(Cn1c(COc2ccc(Cl)cc2)nc2ccccc21)NCC1CCCN1. The summed E-state index contributed by atoms with van der Waals surface area (Å²) in [5.74, 6) is 1.40. The van der Waals surface area contributed by atoms with Gasteiger partial charge in [0, 0.05) is 17.6 Å². The van der Waals surface area contributed by atoms with Gasteiger partial charge in [0.15, 0.2) is 0 Å². The Morgan fingerprint density at radius 1 is 1.24 bits per heavy atom. The molecule has 8 heteroatoms. The maximum absolute atomic E-state index is 12.5. The molecular weight excluding hydrogens is 411 g/mol. The van der Waals surface area contributed by atoms with Crippen LogP contribution in [-0.2, 0) is 17.9 Å². The number of aromatic nitrogens is 2. The van der Waals surface area contributed by atoms with Crippen molar-refractivity contribution in [3.63, 3.8) is 0 Å². The lowest BCUT2D eigenvalue weighted by Crippen LogP contribution is -2.38. The Hall–Kier alpha value is -2.28. The normalized spacial score (nSPS) is 15.8. The highest BCUT2D eigenvalue weighted by Crippen LogP contribution is 2.20. The number of carbonyl (C=O) groups is 1. The third-order valence-electron chi connectivity index (χ3n) is 4.92. The second kappa shape index (κ2) is 9.96. The van der Waals surface area contributed by atoms with E-state index >= 15 is 0 Å². The first-order valence-electron chi connectivity index (χ1n) is 9.51. The molecule has 0 aliphatic carbocycles. The Balaban J connectivity index is 0.00000240. The van der Waals surface area contributed by atoms with E-state index < -0.39 is 0 Å². The van der Waals surface area contributed by atoms with Crippen molar-refractivity contribution < 1.29 is 9.53 Å². The monoisotopic (exact) mass is 434 g/mol. The van der Waals surface area contributed by atoms with Gasteiger partial charge in [0.25, 0.3) is 0 Å². The number of imidazole rings is 1. The van der Waals surface area contributed by atoms with Crippen molar-refractivity contribution in [1.29, 1.82) is 0 Å². The van der Waals surface area contributed by atoms with Gasteiger partial charge in [0.05, 0.1) is 11.0 Å². The van der Waals surface area contributed by atoms with Crippen LogP contribution in [0.5, 0.6) is 5.75 Å². The van der Waals surface area contributed by atoms with E-state index in [0.29, 0.717) is 29.2 Å². The second-order valence-electron chi connectivity index (χ2n) is 6.94. The molecule has 1 fully saturated rings. The number of ether oxygens (including phenoxy) is 1. The molecule has 29 heavy (non-hydrogen) atoms. The standard InChI is InChI=1S/C21H23ClN4O2.ClH/c22-15-7-9-17(10-8-15)28-14-20-25-18-5-1-2-6-19(18)26(20)13-21(27)24-12-16-4-3-11-23-16;/h1-2,5-10,16,23H,3-4,11-14H2,(H,24,27);1H. The van der Waals surface area contributed by atoms with Gasteiger partial charge in [-0.3, -0.25) is 4.79 Å². The molecule has 2 aromatic carbocycles. The largest absolute Gasteiger partial charge is 0.486 e. The average molecular weight is 435 g/mol. The van der Waals surface area contributed by atoms with Gasteiger partial charge >= 0.3 is 0 Å². The lowest BCUT2D eigenvalue weighted by atomic mass is 10.2. The third-order valence-corrected chi connectivity index (χ3v) is 5.18. The Bertz CT molecular complexity index is 953. The number of benzene rings is 2. The molecular formula is C21H24Cl2N4O2. The Kier molecular flexibility index (Phi) is 7.36. The first kappa shape index (κ1) is 21.4. The van der Waals surface area contributed by atoms with Crippen LogP contribution in [0.2, 0.25) is 5.02 Å². The Morgan fingerprint density at radius 3 is 2.79 bits per heavy atom. The molecule has 1 amide bonds. The summed E-state index contributed by atoms with van der Waals surface area (Å²) in [5, 5.41) is 7.08. The molecule has 2 heterocycles. The topological polar surface area (TPSA) is 68.2 Å². The smallest absolute Gasteiger partial charge is 0.240 e. The van der Waals surface area contributed by atoms with Crippen molar-refractivity contribution in [3.8, 4) is 5.75 Å². The lowest BCUT2D eigenvalue weighted by Gasteiger charge is -2.13. The van der Waals surface area contributed by atoms with Crippen LogP contribution in [0.25, 0.3) is 11.0 Å². The average Bonchev–Trinajstić information content (AvgIpc) is 3.34. The van der Waals surface area contributed by atoms with Gasteiger partial charge in [0.2, 0.25) is 5.91 Å². The van der Waals surface area contributed by atoms with Gasteiger partial charge in [0.1, 0.15) is 24.7 Å². The van der Waals surface area contributed by atoms with Crippen LogP contribution in [0.3, 0.4) is 0 Å². The maximum atomic E-state index is 12.5. The fourth-order valence-corrected chi connectivity index (χ4v) is 3.58. The summed E-state index contributed by atoms with van der Waals surface area (Å²) in [6.45, 7) is 2.17. The number of carbonyl (C=O) groups excluding carboxylic acids is 1. The molecule has 0 saturated carbocycles. The van der Waals surface area contributed by atoms with E-state index in [0.717, 1.165) is 24.0 Å². The number of nitrogens with one attached hydrogen (secondary N) is 2. The zero-order chi connectivity index (χ0) is 19.3. The second-order valence-corrected chi connectivity index (χ2v) is 7.38. The van der Waals surface area contributed by atoms with Gasteiger partial charge in [-0.1, -0.05) is 23.7 Å². The van der Waals surface area contributed by atoms with E-state index in [9.17, 15) is 4.79 Å². The van der Waals surface area contributed by atoms with E-state index in [1.54, 1.807) is 12.1 Å². The van der Waals surface area contributed by atoms with Gasteiger partial charge in [-0.15, -0.1) is 12.4 Å². The quantitative estimate of drug-likeness (QED) is 0.596. The predicted molar refractivity (Wildman–Crippen MR) is 117 cm³/mol. The number of rotatable bonds is 7. The number of para-hydroxylation sites is 2. The molecule has 3 aromatic rings. The van der Waals surface area contributed by atoms with Crippen molar-refractivity contribution in [1.82, 2.24) is 20.2 Å². The Labute approximate surface area is 181 Å². The summed E-state index contributed by atoms with van der Waals surface area (Å²) < 4.78 is 7.78. The van der Waals surface area contributed by atoms with Crippen LogP contribution >= 0.6 is 24.0 Å². The summed E-state index contributed by atoms with van der Waals surface area (Å²) >= 11 is 5.92. The summed E-state index contributed by atoms with van der Waals surface area (Å²) in [4.78, 5) is 17.2. The highest BCUT2D eigenvalue weighted by molar-refractivity contribution is 6.30.